The van der Waals surface area contributed by atoms with Gasteiger partial charge < -0.3 is 30.1 Å². The number of β-amino-alcohol motifs (C(OH)–C–C–N with tert-alkyl or cyclic N) is 1. The number of anilines is 2. The van der Waals surface area contributed by atoms with Crippen molar-refractivity contribution in [3.63, 3.8) is 0 Å². The highest BCUT2D eigenvalue weighted by atomic mass is 19.1. The summed E-state index contributed by atoms with van der Waals surface area (Å²) in [5.41, 5.74) is 1.94. The van der Waals surface area contributed by atoms with Crippen molar-refractivity contribution in [2.75, 3.05) is 36.0 Å². The smallest absolute Gasteiger partial charge is 0.318 e. The molecule has 1 amide bonds. The van der Waals surface area contributed by atoms with E-state index in [1.54, 1.807) is 17.0 Å². The number of aliphatic hydroxyl groups is 1. The first-order valence-corrected chi connectivity index (χ1v) is 14.9. The number of aromatic hydroxyl groups is 1. The zero-order chi connectivity index (χ0) is 29.1. The molecule has 3 N–H and O–H groups in total. The van der Waals surface area contributed by atoms with Gasteiger partial charge in [-0.2, -0.15) is 9.97 Å². The van der Waals surface area contributed by atoms with E-state index in [1.807, 2.05) is 20.8 Å². The summed E-state index contributed by atoms with van der Waals surface area (Å²) in [6, 6.07) is 6.34. The van der Waals surface area contributed by atoms with Crippen molar-refractivity contribution in [3.05, 3.63) is 46.9 Å². The zero-order valence-electron chi connectivity index (χ0n) is 24.1. The first kappa shape index (κ1) is 29.0. The third-order valence-corrected chi connectivity index (χ3v) is 8.01. The number of nitrogens with zero attached hydrogens (tertiary/aromatic N) is 4. The summed E-state index contributed by atoms with van der Waals surface area (Å²) in [5, 5.41) is 24.9. The van der Waals surface area contributed by atoms with Gasteiger partial charge in [0.25, 0.3) is 5.91 Å². The lowest BCUT2D eigenvalue weighted by Gasteiger charge is -2.24. The van der Waals surface area contributed by atoms with Crippen LogP contribution in [0.25, 0.3) is 10.8 Å². The van der Waals surface area contributed by atoms with Crippen LogP contribution < -0.4 is 19.9 Å². The van der Waals surface area contributed by atoms with Crippen molar-refractivity contribution < 1.29 is 24.1 Å². The van der Waals surface area contributed by atoms with Gasteiger partial charge in [-0.3, -0.25) is 4.79 Å². The number of fused-ring (bicyclic) bond motifs is 2. The van der Waals surface area contributed by atoms with Gasteiger partial charge in [-0.15, -0.1) is 0 Å². The topological polar surface area (TPSA) is 111 Å². The average molecular weight is 566 g/mol. The highest BCUT2D eigenvalue weighted by Crippen LogP contribution is 2.41. The number of nitrogens with one attached hydrogen (secondary N) is 1. The molecule has 1 aromatic heterocycles. The van der Waals surface area contributed by atoms with Crippen LogP contribution in [0.2, 0.25) is 0 Å². The summed E-state index contributed by atoms with van der Waals surface area (Å²) < 4.78 is 20.9. The summed E-state index contributed by atoms with van der Waals surface area (Å²) in [6.45, 7) is 8.44. The summed E-state index contributed by atoms with van der Waals surface area (Å²) in [5.74, 6) is -0.0405. The molecule has 0 radical (unpaired) electrons. The molecule has 2 aromatic carbocycles. The zero-order valence-corrected chi connectivity index (χ0v) is 24.1. The Bertz CT molecular complexity index is 1410. The van der Waals surface area contributed by atoms with Crippen LogP contribution in [0.15, 0.2) is 24.3 Å². The Kier molecular flexibility index (Phi) is 8.89. The summed E-state index contributed by atoms with van der Waals surface area (Å²) in [7, 11) is 0. The molecule has 6 rings (SSSR count). The fourth-order valence-corrected chi connectivity index (χ4v) is 6.07. The van der Waals surface area contributed by atoms with Gasteiger partial charge in [0.1, 0.15) is 29.6 Å². The van der Waals surface area contributed by atoms with Crippen LogP contribution in [0.3, 0.4) is 0 Å². The van der Waals surface area contributed by atoms with Gasteiger partial charge in [-0.1, -0.05) is 39.7 Å². The fraction of sp³-hybridized carbons (Fsp3) is 0.516. The number of carbonyl (C=O) groups is 1. The number of aromatic nitrogens is 2. The van der Waals surface area contributed by atoms with Gasteiger partial charge >= 0.3 is 6.01 Å². The highest BCUT2D eigenvalue weighted by Gasteiger charge is 2.37. The Morgan fingerprint density at radius 1 is 1.12 bits per heavy atom. The normalized spacial score (nSPS) is 20.6. The Balaban J connectivity index is 0.00000165. The van der Waals surface area contributed by atoms with E-state index in [2.05, 4.69) is 15.2 Å². The molecule has 9 nitrogen and oxygen atoms in total. The van der Waals surface area contributed by atoms with E-state index in [1.165, 1.54) is 12.1 Å². The van der Waals surface area contributed by atoms with Gasteiger partial charge in [-0.25, -0.2) is 4.39 Å². The van der Waals surface area contributed by atoms with Crippen molar-refractivity contribution in [1.29, 1.82) is 0 Å². The predicted octanol–water partition coefficient (Wildman–Crippen LogP) is 4.71. The largest absolute Gasteiger partial charge is 0.508 e. The number of phenolic OH excluding ortho intramolecular Hbond substituents is 1. The summed E-state index contributed by atoms with van der Waals surface area (Å²) in [4.78, 5) is 27.2. The second-order valence-electron chi connectivity index (χ2n) is 10.7. The van der Waals surface area contributed by atoms with Crippen LogP contribution in [-0.2, 0) is 13.0 Å². The average Bonchev–Trinajstić information content (AvgIpc) is 3.42. The number of rotatable bonds is 6. The van der Waals surface area contributed by atoms with E-state index in [9.17, 15) is 19.4 Å². The maximum absolute atomic E-state index is 14.9. The maximum Gasteiger partial charge on any atom is 0.318 e. The Morgan fingerprint density at radius 3 is 2.56 bits per heavy atom. The summed E-state index contributed by atoms with van der Waals surface area (Å²) >= 11 is 0. The van der Waals surface area contributed by atoms with Crippen molar-refractivity contribution >= 4 is 28.2 Å². The minimum atomic E-state index is -0.395. The standard InChI is InChI=1S/C29H34FN5O4.C2H6/c1-2-21-22(30)8-7-17-11-19(36)13-24(25(17)21)35-15-23-26(28(35)38)27(34-9-5-3-4-6-10-34)33-29(32-23)39-16-18-12-20(37)14-31-18;1-2/h7-8,11,13,18,20,31,36-37H,2-6,9-10,12,14-16H2,1H3;1-2H3. The van der Waals surface area contributed by atoms with E-state index in [0.717, 1.165) is 38.8 Å². The minimum absolute atomic E-state index is 0.00218. The number of hydrogen-bond acceptors (Lipinski definition) is 8. The molecule has 0 aliphatic carbocycles. The second kappa shape index (κ2) is 12.6. The molecule has 0 bridgehead atoms. The lowest BCUT2D eigenvalue weighted by molar-refractivity contribution is 0.0997. The van der Waals surface area contributed by atoms with E-state index in [0.29, 0.717) is 65.1 Å². The lowest BCUT2D eigenvalue weighted by Crippen LogP contribution is -2.30. The van der Waals surface area contributed by atoms with E-state index < -0.39 is 6.10 Å². The number of halogens is 1. The number of benzene rings is 2. The monoisotopic (exact) mass is 565 g/mol. The van der Waals surface area contributed by atoms with Crippen LogP contribution in [0.1, 0.15) is 74.5 Å². The van der Waals surface area contributed by atoms with Crippen molar-refractivity contribution in [1.82, 2.24) is 15.3 Å². The number of amides is 1. The third kappa shape index (κ3) is 5.81. The molecule has 41 heavy (non-hydrogen) atoms. The molecular weight excluding hydrogens is 525 g/mol. The minimum Gasteiger partial charge on any atom is -0.508 e. The van der Waals surface area contributed by atoms with Gasteiger partial charge in [0, 0.05) is 37.1 Å². The first-order chi connectivity index (χ1) is 19.9. The van der Waals surface area contributed by atoms with E-state index in [4.69, 9.17) is 9.72 Å². The fourth-order valence-electron chi connectivity index (χ4n) is 6.07. The molecule has 220 valence electrons. The molecule has 2 saturated heterocycles. The van der Waals surface area contributed by atoms with Crippen LogP contribution >= 0.6 is 0 Å². The van der Waals surface area contributed by atoms with Gasteiger partial charge in [0.15, 0.2) is 0 Å². The molecular formula is C31H40FN5O4. The first-order valence-electron chi connectivity index (χ1n) is 14.9. The third-order valence-electron chi connectivity index (χ3n) is 8.01. The Labute approximate surface area is 240 Å². The lowest BCUT2D eigenvalue weighted by atomic mass is 9.99. The number of aliphatic hydroxyl groups excluding tert-OH is 1. The van der Waals surface area contributed by atoms with Crippen molar-refractivity contribution in [3.8, 4) is 11.8 Å². The van der Waals surface area contributed by atoms with Crippen LogP contribution in [-0.4, -0.2) is 64.5 Å². The molecule has 3 aliphatic heterocycles. The molecule has 10 heteroatoms. The highest BCUT2D eigenvalue weighted by molar-refractivity contribution is 6.16. The Hall–Kier alpha value is -3.50. The van der Waals surface area contributed by atoms with Crippen LogP contribution in [0.4, 0.5) is 15.9 Å². The molecule has 4 heterocycles. The van der Waals surface area contributed by atoms with E-state index >= 15 is 0 Å². The van der Waals surface area contributed by atoms with Gasteiger partial charge in [-0.05, 0) is 48.8 Å². The predicted molar refractivity (Wildman–Crippen MR) is 157 cm³/mol. The van der Waals surface area contributed by atoms with Gasteiger partial charge in [0.05, 0.1) is 24.0 Å². The van der Waals surface area contributed by atoms with Crippen molar-refractivity contribution in [2.45, 2.75) is 78.0 Å². The number of ether oxygens (including phenoxy) is 1. The number of aryl methyl sites for hydroxylation is 1. The molecule has 2 unspecified atom stereocenters. The van der Waals surface area contributed by atoms with Crippen LogP contribution in [0, 0.1) is 5.82 Å². The number of hydrogen-bond donors (Lipinski definition) is 3. The van der Waals surface area contributed by atoms with Crippen molar-refractivity contribution in [2.24, 2.45) is 0 Å². The molecule has 2 atom stereocenters. The van der Waals surface area contributed by atoms with Gasteiger partial charge in [0.2, 0.25) is 0 Å². The quantitative estimate of drug-likeness (QED) is 0.394. The maximum atomic E-state index is 14.9. The second-order valence-corrected chi connectivity index (χ2v) is 10.7. The van der Waals surface area contributed by atoms with E-state index in [-0.39, 0.29) is 36.1 Å². The number of phenols is 1. The SMILES string of the molecule is CC.CCc1c(F)ccc2cc(O)cc(N3Cc4nc(OCC5CC(O)CN5)nc(N5CCCCCC5)c4C3=O)c12. The number of carbonyl (C=O) groups excluding carboxylic acids is 1. The molecule has 0 saturated carbocycles. The molecule has 3 aromatic rings. The molecule has 0 spiro atoms. The molecule has 3 aliphatic rings. The molecule has 2 fully saturated rings. The van der Waals surface area contributed by atoms with Crippen LogP contribution in [0.5, 0.6) is 11.8 Å². The Morgan fingerprint density at radius 2 is 1.88 bits per heavy atom. The summed E-state index contributed by atoms with van der Waals surface area (Å²) in [6.07, 6.45) is 4.91.